The van der Waals surface area contributed by atoms with Gasteiger partial charge < -0.3 is 0 Å². The van der Waals surface area contributed by atoms with E-state index in [1.165, 1.54) is 5.57 Å². The lowest BCUT2D eigenvalue weighted by Crippen LogP contribution is -1.58. The molecular formula is C9H16S. The highest BCUT2D eigenvalue weighted by Gasteiger charge is 1.74. The molecule has 0 atom stereocenters. The van der Waals surface area contributed by atoms with Crippen LogP contribution in [0.4, 0.5) is 0 Å². The van der Waals surface area contributed by atoms with Crippen molar-refractivity contribution in [1.29, 1.82) is 0 Å². The highest BCUT2D eigenvalue weighted by atomic mass is 32.2. The summed E-state index contributed by atoms with van der Waals surface area (Å²) in [5.41, 5.74) is 1.18. The first-order valence-corrected chi connectivity index (χ1v) is 4.31. The topological polar surface area (TPSA) is 0 Å². The molecule has 0 aliphatic rings. The molecule has 0 N–H and O–H groups in total. The molecule has 0 aromatic heterocycles. The summed E-state index contributed by atoms with van der Waals surface area (Å²) in [6.45, 7) is 13.2. The third-order valence-corrected chi connectivity index (χ3v) is 1.37. The van der Waals surface area contributed by atoms with Crippen LogP contribution in [0.15, 0.2) is 35.6 Å². The lowest BCUT2D eigenvalue weighted by atomic mass is 10.4. The molecule has 58 valence electrons. The maximum absolute atomic E-state index is 3.60. The first-order valence-electron chi connectivity index (χ1n) is 3.37. The van der Waals surface area contributed by atoms with E-state index in [9.17, 15) is 0 Å². The lowest BCUT2D eigenvalue weighted by Gasteiger charge is -1.84. The van der Waals surface area contributed by atoms with E-state index in [1.54, 1.807) is 17.2 Å². The molecule has 0 amide bonds. The fourth-order valence-electron chi connectivity index (χ4n) is 0.204. The van der Waals surface area contributed by atoms with E-state index in [-0.39, 0.29) is 0 Å². The molecule has 0 aromatic carbocycles. The first kappa shape index (κ1) is 12.3. The molecule has 0 radical (unpaired) electrons. The molecule has 0 fully saturated rings. The van der Waals surface area contributed by atoms with Gasteiger partial charge in [0.2, 0.25) is 0 Å². The molecule has 0 saturated heterocycles. The molecule has 0 bridgehead atoms. The third kappa shape index (κ3) is 10.5. The van der Waals surface area contributed by atoms with Gasteiger partial charge >= 0.3 is 0 Å². The van der Waals surface area contributed by atoms with Crippen molar-refractivity contribution in [2.24, 2.45) is 0 Å². The number of thioether (sulfide) groups is 1. The average molecular weight is 156 g/mol. The minimum Gasteiger partial charge on any atom is -0.106 e. The van der Waals surface area contributed by atoms with Crippen molar-refractivity contribution in [2.45, 2.75) is 20.8 Å². The Kier molecular flexibility index (Phi) is 14.0. The standard InChI is InChI=1S/C7H10S.C2H6/c1-4-7(3)6-8-5-2;1-2/h4-6H,1-2H2,3H3;1-2H3/b7-6-;. The van der Waals surface area contributed by atoms with Crippen molar-refractivity contribution in [3.05, 3.63) is 35.6 Å². The Morgan fingerprint density at radius 2 is 1.80 bits per heavy atom. The fraction of sp³-hybridized carbons (Fsp3) is 0.333. The zero-order valence-electron chi connectivity index (χ0n) is 7.05. The van der Waals surface area contributed by atoms with Crippen LogP contribution in [0.3, 0.4) is 0 Å². The molecular weight excluding hydrogens is 140 g/mol. The van der Waals surface area contributed by atoms with Crippen LogP contribution in [0.2, 0.25) is 0 Å². The first-order chi connectivity index (χ1) is 4.81. The van der Waals surface area contributed by atoms with Crippen LogP contribution in [0, 0.1) is 0 Å². The smallest absolute Gasteiger partial charge is 0.0219 e. The van der Waals surface area contributed by atoms with Gasteiger partial charge in [-0.2, -0.15) is 0 Å². The van der Waals surface area contributed by atoms with Gasteiger partial charge in [-0.1, -0.05) is 33.1 Å². The summed E-state index contributed by atoms with van der Waals surface area (Å²) in [6.07, 6.45) is 1.82. The van der Waals surface area contributed by atoms with E-state index in [4.69, 9.17) is 0 Å². The van der Waals surface area contributed by atoms with E-state index in [0.717, 1.165) is 0 Å². The van der Waals surface area contributed by atoms with E-state index in [1.807, 2.05) is 32.3 Å². The van der Waals surface area contributed by atoms with E-state index in [0.29, 0.717) is 0 Å². The van der Waals surface area contributed by atoms with Crippen molar-refractivity contribution in [3.63, 3.8) is 0 Å². The molecule has 0 spiro atoms. The van der Waals surface area contributed by atoms with Crippen LogP contribution >= 0.6 is 11.8 Å². The van der Waals surface area contributed by atoms with Crippen molar-refractivity contribution in [1.82, 2.24) is 0 Å². The molecule has 0 aromatic rings. The second-order valence-corrected chi connectivity index (χ2v) is 2.21. The van der Waals surface area contributed by atoms with Gasteiger partial charge in [-0.3, -0.25) is 0 Å². The summed E-state index contributed by atoms with van der Waals surface area (Å²) < 4.78 is 0. The van der Waals surface area contributed by atoms with E-state index >= 15 is 0 Å². The van der Waals surface area contributed by atoms with Crippen LogP contribution in [0.25, 0.3) is 0 Å². The van der Waals surface area contributed by atoms with Gasteiger partial charge in [0.05, 0.1) is 0 Å². The maximum atomic E-state index is 3.60. The normalized spacial score (nSPS) is 9.30. The third-order valence-electron chi connectivity index (χ3n) is 0.672. The van der Waals surface area contributed by atoms with Gasteiger partial charge in [0.25, 0.3) is 0 Å². The van der Waals surface area contributed by atoms with Gasteiger partial charge in [-0.15, -0.1) is 11.8 Å². The second-order valence-electron chi connectivity index (χ2n) is 1.37. The zero-order valence-corrected chi connectivity index (χ0v) is 7.87. The van der Waals surface area contributed by atoms with E-state index in [2.05, 4.69) is 13.2 Å². The number of hydrogen-bond acceptors (Lipinski definition) is 1. The Bertz CT molecular complexity index is 112. The molecule has 0 aliphatic carbocycles. The monoisotopic (exact) mass is 156 g/mol. The van der Waals surface area contributed by atoms with Crippen molar-refractivity contribution < 1.29 is 0 Å². The molecule has 0 saturated carbocycles. The Labute approximate surface area is 68.7 Å². The van der Waals surface area contributed by atoms with Crippen LogP contribution in [-0.2, 0) is 0 Å². The second kappa shape index (κ2) is 11.4. The Balaban J connectivity index is 0. The molecule has 10 heavy (non-hydrogen) atoms. The predicted molar refractivity (Wildman–Crippen MR) is 53.1 cm³/mol. The molecule has 0 heterocycles. The largest absolute Gasteiger partial charge is 0.106 e. The summed E-state index contributed by atoms with van der Waals surface area (Å²) in [7, 11) is 0. The number of rotatable bonds is 3. The van der Waals surface area contributed by atoms with E-state index < -0.39 is 0 Å². The Morgan fingerprint density at radius 3 is 2.10 bits per heavy atom. The minimum absolute atomic E-state index is 1.18. The Morgan fingerprint density at radius 1 is 1.30 bits per heavy atom. The number of hydrogen-bond donors (Lipinski definition) is 0. The molecule has 0 unspecified atom stereocenters. The van der Waals surface area contributed by atoms with Crippen LogP contribution in [-0.4, -0.2) is 0 Å². The van der Waals surface area contributed by atoms with Crippen molar-refractivity contribution in [3.8, 4) is 0 Å². The number of allylic oxidation sites excluding steroid dienone is 2. The summed E-state index contributed by atoms with van der Waals surface area (Å²) in [5.74, 6) is 0. The van der Waals surface area contributed by atoms with Crippen molar-refractivity contribution in [2.75, 3.05) is 0 Å². The quantitative estimate of drug-likeness (QED) is 0.557. The summed E-state index contributed by atoms with van der Waals surface area (Å²) in [6, 6.07) is 0. The molecule has 0 aliphatic heterocycles. The average Bonchev–Trinajstić information content (AvgIpc) is 2.04. The van der Waals surface area contributed by atoms with Gasteiger partial charge in [-0.25, -0.2) is 0 Å². The SMILES string of the molecule is C=CS/C=C(/C)C=C.CC. The molecule has 0 rings (SSSR count). The lowest BCUT2D eigenvalue weighted by molar-refractivity contribution is 1.50. The summed E-state index contributed by atoms with van der Waals surface area (Å²) >= 11 is 1.57. The van der Waals surface area contributed by atoms with Crippen LogP contribution < -0.4 is 0 Å². The van der Waals surface area contributed by atoms with Crippen LogP contribution in [0.5, 0.6) is 0 Å². The highest BCUT2D eigenvalue weighted by molar-refractivity contribution is 8.04. The van der Waals surface area contributed by atoms with Crippen LogP contribution in [0.1, 0.15) is 20.8 Å². The molecule has 0 nitrogen and oxygen atoms in total. The fourth-order valence-corrected chi connectivity index (χ4v) is 0.611. The zero-order chi connectivity index (χ0) is 8.41. The molecule has 1 heteroatoms. The highest BCUT2D eigenvalue weighted by Crippen LogP contribution is 2.06. The summed E-state index contributed by atoms with van der Waals surface area (Å²) in [5, 5.41) is 3.78. The minimum atomic E-state index is 1.18. The van der Waals surface area contributed by atoms with Crippen molar-refractivity contribution >= 4 is 11.8 Å². The van der Waals surface area contributed by atoms with Gasteiger partial charge in [0, 0.05) is 0 Å². The Hall–Kier alpha value is -0.430. The van der Waals surface area contributed by atoms with Gasteiger partial charge in [0.1, 0.15) is 0 Å². The van der Waals surface area contributed by atoms with Gasteiger partial charge in [-0.05, 0) is 23.3 Å². The predicted octanol–water partition coefficient (Wildman–Crippen LogP) is 3.98. The summed E-state index contributed by atoms with van der Waals surface area (Å²) in [4.78, 5) is 0. The van der Waals surface area contributed by atoms with Gasteiger partial charge in [0.15, 0.2) is 0 Å². The maximum Gasteiger partial charge on any atom is -0.0219 e.